The molecule has 1 aliphatic rings. The van der Waals surface area contributed by atoms with Crippen molar-refractivity contribution in [1.82, 2.24) is 14.3 Å². The third-order valence-electron chi connectivity index (χ3n) is 6.18. The maximum Gasteiger partial charge on any atom is 0.419 e. The van der Waals surface area contributed by atoms with E-state index in [-0.39, 0.29) is 10.5 Å². The van der Waals surface area contributed by atoms with Crippen LogP contribution in [-0.2, 0) is 22.6 Å². The Balaban J connectivity index is 1.59. The van der Waals surface area contributed by atoms with E-state index in [4.69, 9.17) is 4.74 Å². The number of nitrogens with zero attached hydrogens (tertiary/aromatic N) is 3. The van der Waals surface area contributed by atoms with Crippen LogP contribution in [-0.4, -0.2) is 42.0 Å². The van der Waals surface area contributed by atoms with E-state index in [0.29, 0.717) is 35.0 Å². The lowest BCUT2D eigenvalue weighted by Crippen LogP contribution is -2.19. The van der Waals surface area contributed by atoms with Gasteiger partial charge >= 0.3 is 6.18 Å². The number of benzene rings is 2. The molecule has 0 spiro atoms. The summed E-state index contributed by atoms with van der Waals surface area (Å²) < 4.78 is 72.5. The maximum atomic E-state index is 13.8. The Morgan fingerprint density at radius 3 is 2.36 bits per heavy atom. The molecule has 0 radical (unpaired) electrons. The van der Waals surface area contributed by atoms with E-state index in [1.165, 1.54) is 22.6 Å². The molecule has 0 unspecified atom stereocenters. The Hall–Kier alpha value is -3.37. The molecule has 6 nitrogen and oxygen atoms in total. The molecule has 3 heterocycles. The highest BCUT2D eigenvalue weighted by Crippen LogP contribution is 2.37. The van der Waals surface area contributed by atoms with E-state index in [1.54, 1.807) is 42.6 Å². The molecule has 1 fully saturated rings. The van der Waals surface area contributed by atoms with Crippen LogP contribution in [0.2, 0.25) is 0 Å². The first-order valence-corrected chi connectivity index (χ1v) is 13.4. The van der Waals surface area contributed by atoms with Crippen molar-refractivity contribution in [3.8, 4) is 22.8 Å². The Labute approximate surface area is 206 Å². The van der Waals surface area contributed by atoms with Crippen molar-refractivity contribution in [3.05, 3.63) is 78.1 Å². The average Bonchev–Trinajstić information content (AvgIpc) is 3.45. The van der Waals surface area contributed by atoms with Crippen molar-refractivity contribution in [2.24, 2.45) is 0 Å². The number of pyridine rings is 1. The molecule has 0 amide bonds. The number of halogens is 3. The number of imidazole rings is 1. The van der Waals surface area contributed by atoms with Crippen LogP contribution in [0, 0.1) is 0 Å². The zero-order valence-electron chi connectivity index (χ0n) is 19.5. The van der Waals surface area contributed by atoms with Crippen molar-refractivity contribution in [1.29, 1.82) is 0 Å². The molecule has 0 bridgehead atoms. The fraction of sp³-hybridized carbons (Fsp3) is 0.269. The first kappa shape index (κ1) is 24.3. The summed E-state index contributed by atoms with van der Waals surface area (Å²) in [6.07, 6.45) is 0.266. The van der Waals surface area contributed by atoms with Crippen LogP contribution in [0.4, 0.5) is 13.2 Å². The Bertz CT molecular complexity index is 1520. The summed E-state index contributed by atoms with van der Waals surface area (Å²) in [6, 6.07) is 15.6. The Morgan fingerprint density at radius 1 is 0.972 bits per heavy atom. The highest BCUT2D eigenvalue weighted by Gasteiger charge is 2.35. The van der Waals surface area contributed by atoms with Crippen LogP contribution in [0.25, 0.3) is 16.9 Å². The van der Waals surface area contributed by atoms with Crippen molar-refractivity contribution < 1.29 is 26.3 Å². The molecular weight excluding hydrogens is 491 g/mol. The summed E-state index contributed by atoms with van der Waals surface area (Å²) in [5.41, 5.74) is 0.848. The van der Waals surface area contributed by atoms with Crippen LogP contribution in [0.1, 0.15) is 24.1 Å². The monoisotopic (exact) mass is 515 g/mol. The minimum absolute atomic E-state index is 0.130. The smallest absolute Gasteiger partial charge is 0.419 e. The molecule has 188 valence electrons. The summed E-state index contributed by atoms with van der Waals surface area (Å²) in [7, 11) is -3.41. The van der Waals surface area contributed by atoms with Crippen LogP contribution >= 0.6 is 0 Å². The molecule has 36 heavy (non-hydrogen) atoms. The number of aromatic nitrogens is 2. The lowest BCUT2D eigenvalue weighted by molar-refractivity contribution is -0.136. The second-order valence-electron chi connectivity index (χ2n) is 8.88. The number of fused-ring (bicyclic) bond motifs is 1. The van der Waals surface area contributed by atoms with E-state index in [0.717, 1.165) is 38.3 Å². The van der Waals surface area contributed by atoms with Crippen LogP contribution < -0.4 is 4.74 Å². The first-order valence-electron chi connectivity index (χ1n) is 11.5. The number of likely N-dealkylation sites (tertiary alicyclic amines) is 1. The van der Waals surface area contributed by atoms with Gasteiger partial charge in [0.05, 0.1) is 21.8 Å². The summed E-state index contributed by atoms with van der Waals surface area (Å²) in [5.74, 6) is 0.761. The van der Waals surface area contributed by atoms with E-state index >= 15 is 0 Å². The first-order chi connectivity index (χ1) is 17.1. The molecular formula is C26H24F3N3O3S. The molecule has 0 atom stereocenters. The number of hydrogen-bond acceptors (Lipinski definition) is 5. The van der Waals surface area contributed by atoms with E-state index < -0.39 is 21.6 Å². The summed E-state index contributed by atoms with van der Waals surface area (Å²) in [6.45, 7) is 2.19. The lowest BCUT2D eigenvalue weighted by Gasteiger charge is -2.15. The number of ether oxygens (including phenoxy) is 1. The predicted molar refractivity (Wildman–Crippen MR) is 130 cm³/mol. The molecule has 0 aliphatic carbocycles. The van der Waals surface area contributed by atoms with Gasteiger partial charge in [0.15, 0.2) is 9.84 Å². The molecule has 1 saturated heterocycles. The molecule has 10 heteroatoms. The molecule has 5 rings (SSSR count). The summed E-state index contributed by atoms with van der Waals surface area (Å²) in [5, 5.41) is 0. The molecule has 4 aromatic rings. The van der Waals surface area contributed by atoms with Crippen molar-refractivity contribution in [2.75, 3.05) is 19.3 Å². The average molecular weight is 516 g/mol. The number of sulfone groups is 1. The second kappa shape index (κ2) is 9.25. The topological polar surface area (TPSA) is 63.9 Å². The van der Waals surface area contributed by atoms with Gasteiger partial charge in [-0.2, -0.15) is 13.2 Å². The van der Waals surface area contributed by atoms with Crippen molar-refractivity contribution in [3.63, 3.8) is 0 Å². The number of rotatable bonds is 6. The third-order valence-corrected chi connectivity index (χ3v) is 7.29. The van der Waals surface area contributed by atoms with Gasteiger partial charge in [0.2, 0.25) is 0 Å². The predicted octanol–water partition coefficient (Wildman–Crippen LogP) is 5.81. The fourth-order valence-electron chi connectivity index (χ4n) is 4.52. The molecule has 1 aliphatic heterocycles. The van der Waals surface area contributed by atoms with Crippen molar-refractivity contribution >= 4 is 15.5 Å². The molecule has 0 N–H and O–H groups in total. The minimum Gasteiger partial charge on any atom is -0.457 e. The second-order valence-corrected chi connectivity index (χ2v) is 10.9. The zero-order valence-corrected chi connectivity index (χ0v) is 20.3. The fourth-order valence-corrected chi connectivity index (χ4v) is 5.17. The van der Waals surface area contributed by atoms with Gasteiger partial charge in [-0.3, -0.25) is 9.30 Å². The molecule has 0 saturated carbocycles. The SMILES string of the molecule is CS(=O)(=O)c1cccc(Oc2cccc(-c3c(CN4CCCC4)nc4c(C(F)(F)F)cccn34)c2)c1. The molecule has 2 aromatic carbocycles. The van der Waals surface area contributed by atoms with E-state index in [9.17, 15) is 21.6 Å². The minimum atomic E-state index is -4.54. The number of hydrogen-bond donors (Lipinski definition) is 0. The zero-order chi connectivity index (χ0) is 25.5. The van der Waals surface area contributed by atoms with Gasteiger partial charge in [-0.25, -0.2) is 13.4 Å². The van der Waals surface area contributed by atoms with Gasteiger partial charge in [0, 0.05) is 24.6 Å². The lowest BCUT2D eigenvalue weighted by atomic mass is 10.1. The molecule has 2 aromatic heterocycles. The largest absolute Gasteiger partial charge is 0.457 e. The quantitative estimate of drug-likeness (QED) is 0.324. The highest BCUT2D eigenvalue weighted by molar-refractivity contribution is 7.90. The van der Waals surface area contributed by atoms with Gasteiger partial charge < -0.3 is 4.74 Å². The Kier molecular flexibility index (Phi) is 6.25. The maximum absolute atomic E-state index is 13.8. The van der Waals surface area contributed by atoms with Crippen LogP contribution in [0.3, 0.4) is 0 Å². The van der Waals surface area contributed by atoms with Crippen LogP contribution in [0.15, 0.2) is 71.8 Å². The standard InChI is InChI=1S/C26H24F3N3O3S/c1-36(33,34)21-10-5-9-20(16-21)35-19-8-4-7-18(15-19)24-23(17-31-12-2-3-13-31)30-25-22(26(27,28)29)11-6-14-32(24)25/h4-11,14-16H,2-3,12-13,17H2,1H3. The Morgan fingerprint density at radius 2 is 1.67 bits per heavy atom. The third kappa shape index (κ3) is 4.96. The van der Waals surface area contributed by atoms with E-state index in [1.807, 2.05) is 0 Å². The normalized spacial score (nSPS) is 15.0. The van der Waals surface area contributed by atoms with Crippen molar-refractivity contribution in [2.45, 2.75) is 30.5 Å². The van der Waals surface area contributed by atoms with Gasteiger partial charge in [-0.1, -0.05) is 18.2 Å². The van der Waals surface area contributed by atoms with Gasteiger partial charge in [0.1, 0.15) is 17.1 Å². The number of alkyl halides is 3. The van der Waals surface area contributed by atoms with Crippen LogP contribution in [0.5, 0.6) is 11.5 Å². The van der Waals surface area contributed by atoms with E-state index in [2.05, 4.69) is 9.88 Å². The summed E-state index contributed by atoms with van der Waals surface area (Å²) >= 11 is 0. The highest BCUT2D eigenvalue weighted by atomic mass is 32.2. The summed E-state index contributed by atoms with van der Waals surface area (Å²) in [4.78, 5) is 6.79. The van der Waals surface area contributed by atoms with Gasteiger partial charge in [-0.15, -0.1) is 0 Å². The van der Waals surface area contributed by atoms with Gasteiger partial charge in [-0.05, 0) is 68.4 Å². The van der Waals surface area contributed by atoms with Gasteiger partial charge in [0.25, 0.3) is 0 Å².